The van der Waals surface area contributed by atoms with Crippen molar-refractivity contribution in [1.82, 2.24) is 0 Å². The average molecular weight is 339 g/mol. The zero-order valence-electron chi connectivity index (χ0n) is 16.5. The SMILES string of the molecule is CC1CCC(C(C)C)C(OC(=O)[C@]2(C)CC[C@@H](C(C)C)[C@H](O)C2)C1. The zero-order valence-corrected chi connectivity index (χ0v) is 16.5. The van der Waals surface area contributed by atoms with Crippen molar-refractivity contribution in [1.29, 1.82) is 0 Å². The zero-order chi connectivity index (χ0) is 18.1. The van der Waals surface area contributed by atoms with Crippen LogP contribution >= 0.6 is 0 Å². The molecule has 3 heteroatoms. The van der Waals surface area contributed by atoms with Gasteiger partial charge >= 0.3 is 5.97 Å². The Morgan fingerprint density at radius 2 is 1.71 bits per heavy atom. The van der Waals surface area contributed by atoms with Crippen LogP contribution in [0.2, 0.25) is 0 Å². The van der Waals surface area contributed by atoms with Gasteiger partial charge in [0.2, 0.25) is 0 Å². The van der Waals surface area contributed by atoms with Gasteiger partial charge in [-0.15, -0.1) is 0 Å². The third-order valence-corrected chi connectivity index (χ3v) is 6.75. The third kappa shape index (κ3) is 4.33. The van der Waals surface area contributed by atoms with Crippen LogP contribution in [0, 0.1) is 35.0 Å². The predicted molar refractivity (Wildman–Crippen MR) is 97.5 cm³/mol. The summed E-state index contributed by atoms with van der Waals surface area (Å²) in [7, 11) is 0. The van der Waals surface area contributed by atoms with Crippen LogP contribution in [0.4, 0.5) is 0 Å². The minimum absolute atomic E-state index is 0.0537. The van der Waals surface area contributed by atoms with Gasteiger partial charge in [-0.25, -0.2) is 0 Å². The largest absolute Gasteiger partial charge is 0.462 e. The van der Waals surface area contributed by atoms with Gasteiger partial charge in [-0.05, 0) is 68.6 Å². The van der Waals surface area contributed by atoms with Crippen LogP contribution in [-0.2, 0) is 9.53 Å². The Balaban J connectivity index is 2.02. The second-order valence-electron chi connectivity index (χ2n) is 9.55. The number of carbonyl (C=O) groups excluding carboxylic acids is 1. The number of aliphatic hydroxyl groups is 1. The third-order valence-electron chi connectivity index (χ3n) is 6.75. The lowest BCUT2D eigenvalue weighted by Gasteiger charge is -2.43. The van der Waals surface area contributed by atoms with Gasteiger partial charge in [0.25, 0.3) is 0 Å². The van der Waals surface area contributed by atoms with Crippen LogP contribution < -0.4 is 0 Å². The molecule has 6 atom stereocenters. The summed E-state index contributed by atoms with van der Waals surface area (Å²) in [6, 6.07) is 0. The fraction of sp³-hybridized carbons (Fsp3) is 0.952. The molecular weight excluding hydrogens is 300 g/mol. The first-order valence-corrected chi connectivity index (χ1v) is 10.0. The molecule has 2 saturated carbocycles. The topological polar surface area (TPSA) is 46.5 Å². The summed E-state index contributed by atoms with van der Waals surface area (Å²) < 4.78 is 6.07. The van der Waals surface area contributed by atoms with Crippen molar-refractivity contribution in [2.75, 3.05) is 0 Å². The minimum Gasteiger partial charge on any atom is -0.462 e. The molecule has 2 aliphatic carbocycles. The maximum absolute atomic E-state index is 13.0. The summed E-state index contributed by atoms with van der Waals surface area (Å²) in [5.41, 5.74) is -0.521. The van der Waals surface area contributed by atoms with E-state index < -0.39 is 5.41 Å². The highest BCUT2D eigenvalue weighted by Gasteiger charge is 2.45. The van der Waals surface area contributed by atoms with Crippen LogP contribution in [0.3, 0.4) is 0 Å². The van der Waals surface area contributed by atoms with Crippen LogP contribution in [0.5, 0.6) is 0 Å². The molecule has 2 rings (SSSR count). The number of hydrogen-bond donors (Lipinski definition) is 1. The number of carbonyl (C=O) groups is 1. The molecule has 24 heavy (non-hydrogen) atoms. The molecule has 0 radical (unpaired) electrons. The fourth-order valence-corrected chi connectivity index (χ4v) is 4.89. The Morgan fingerprint density at radius 3 is 2.25 bits per heavy atom. The van der Waals surface area contributed by atoms with E-state index in [9.17, 15) is 9.90 Å². The molecule has 140 valence electrons. The average Bonchev–Trinajstić information content (AvgIpc) is 2.46. The van der Waals surface area contributed by atoms with Crippen LogP contribution in [0.1, 0.15) is 80.1 Å². The Hall–Kier alpha value is -0.570. The molecular formula is C21H38O3. The van der Waals surface area contributed by atoms with Crippen molar-refractivity contribution in [2.24, 2.45) is 35.0 Å². The number of esters is 1. The Labute approximate surface area is 148 Å². The number of rotatable bonds is 4. The molecule has 0 amide bonds. The molecule has 0 aromatic rings. The smallest absolute Gasteiger partial charge is 0.312 e. The molecule has 0 aromatic carbocycles. The first kappa shape index (κ1) is 19.8. The van der Waals surface area contributed by atoms with Gasteiger partial charge in [-0.2, -0.15) is 0 Å². The van der Waals surface area contributed by atoms with E-state index in [0.29, 0.717) is 36.0 Å². The summed E-state index contributed by atoms with van der Waals surface area (Å²) in [5, 5.41) is 10.5. The van der Waals surface area contributed by atoms with Gasteiger partial charge in [0, 0.05) is 0 Å². The Bertz CT molecular complexity index is 431. The highest BCUT2D eigenvalue weighted by atomic mass is 16.5. The van der Waals surface area contributed by atoms with Gasteiger partial charge in [0.1, 0.15) is 6.10 Å². The Kier molecular flexibility index (Phi) is 6.39. The van der Waals surface area contributed by atoms with E-state index in [1.807, 2.05) is 6.92 Å². The molecule has 3 nitrogen and oxygen atoms in total. The molecule has 0 spiro atoms. The van der Waals surface area contributed by atoms with Crippen molar-refractivity contribution in [2.45, 2.75) is 92.3 Å². The standard InChI is InChI=1S/C21H38O3/c1-13(2)16-9-10-21(6,12-18(16)22)20(23)24-19-11-15(5)7-8-17(19)14(3)4/h13-19,22H,7-12H2,1-6H3/t15?,16-,17?,18+,19?,21+/m0/s1. The normalized spacial score (nSPS) is 40.8. The van der Waals surface area contributed by atoms with Crippen LogP contribution in [0.25, 0.3) is 0 Å². The van der Waals surface area contributed by atoms with Gasteiger partial charge < -0.3 is 9.84 Å². The van der Waals surface area contributed by atoms with E-state index >= 15 is 0 Å². The van der Waals surface area contributed by atoms with Crippen molar-refractivity contribution < 1.29 is 14.6 Å². The lowest BCUT2D eigenvalue weighted by Crippen LogP contribution is -2.45. The van der Waals surface area contributed by atoms with Crippen LogP contribution in [0.15, 0.2) is 0 Å². The highest BCUT2D eigenvalue weighted by molar-refractivity contribution is 5.76. The summed E-state index contributed by atoms with van der Waals surface area (Å²) >= 11 is 0. The summed E-state index contributed by atoms with van der Waals surface area (Å²) in [6.45, 7) is 13.0. The first-order chi connectivity index (χ1) is 11.1. The molecule has 2 aliphatic rings. The molecule has 1 N–H and O–H groups in total. The van der Waals surface area contributed by atoms with Crippen molar-refractivity contribution in [3.8, 4) is 0 Å². The van der Waals surface area contributed by atoms with Gasteiger partial charge in [0.05, 0.1) is 11.5 Å². The van der Waals surface area contributed by atoms with E-state index in [2.05, 4.69) is 34.6 Å². The molecule has 0 aromatic heterocycles. The molecule has 0 bridgehead atoms. The fourth-order valence-electron chi connectivity index (χ4n) is 4.89. The molecule has 3 unspecified atom stereocenters. The summed E-state index contributed by atoms with van der Waals surface area (Å²) in [4.78, 5) is 13.0. The maximum atomic E-state index is 13.0. The number of aliphatic hydroxyl groups excluding tert-OH is 1. The quantitative estimate of drug-likeness (QED) is 0.748. The monoisotopic (exact) mass is 338 g/mol. The summed E-state index contributed by atoms with van der Waals surface area (Å²) in [6.07, 6.45) is 5.35. The predicted octanol–water partition coefficient (Wildman–Crippen LogP) is 4.81. The van der Waals surface area contributed by atoms with Crippen molar-refractivity contribution >= 4 is 5.97 Å². The van der Waals surface area contributed by atoms with Crippen molar-refractivity contribution in [3.05, 3.63) is 0 Å². The molecule has 2 fully saturated rings. The lowest BCUT2D eigenvalue weighted by molar-refractivity contribution is -0.173. The number of hydrogen-bond acceptors (Lipinski definition) is 3. The second-order valence-corrected chi connectivity index (χ2v) is 9.55. The van der Waals surface area contributed by atoms with E-state index in [1.165, 1.54) is 6.42 Å². The van der Waals surface area contributed by atoms with E-state index in [4.69, 9.17) is 4.74 Å². The first-order valence-electron chi connectivity index (χ1n) is 10.0. The summed E-state index contributed by atoms with van der Waals surface area (Å²) in [5.74, 6) is 2.35. The molecule has 0 heterocycles. The van der Waals surface area contributed by atoms with E-state index in [-0.39, 0.29) is 18.2 Å². The van der Waals surface area contributed by atoms with Gasteiger partial charge in [-0.1, -0.05) is 41.0 Å². The molecule has 0 saturated heterocycles. The highest BCUT2D eigenvalue weighted by Crippen LogP contribution is 2.44. The Morgan fingerprint density at radius 1 is 1.08 bits per heavy atom. The van der Waals surface area contributed by atoms with E-state index in [0.717, 1.165) is 25.7 Å². The van der Waals surface area contributed by atoms with Crippen molar-refractivity contribution in [3.63, 3.8) is 0 Å². The molecule has 0 aliphatic heterocycles. The maximum Gasteiger partial charge on any atom is 0.312 e. The minimum atomic E-state index is -0.521. The van der Waals surface area contributed by atoms with Crippen LogP contribution in [-0.4, -0.2) is 23.3 Å². The second kappa shape index (κ2) is 7.76. The lowest BCUT2D eigenvalue weighted by atomic mass is 9.67. The van der Waals surface area contributed by atoms with E-state index in [1.54, 1.807) is 0 Å². The van der Waals surface area contributed by atoms with Gasteiger partial charge in [-0.3, -0.25) is 4.79 Å². The van der Waals surface area contributed by atoms with Gasteiger partial charge in [0.15, 0.2) is 0 Å². The number of ether oxygens (including phenoxy) is 1.